The number of para-hydroxylation sites is 1. The number of carbonyl (C=O) groups is 2. The summed E-state index contributed by atoms with van der Waals surface area (Å²) in [5.74, 6) is 0.369. The molecule has 4 rings (SSSR count). The third-order valence-electron chi connectivity index (χ3n) is 6.12. The second kappa shape index (κ2) is 7.89. The molecule has 0 saturated heterocycles. The highest BCUT2D eigenvalue weighted by molar-refractivity contribution is 5.95. The maximum absolute atomic E-state index is 13.6. The number of aryl methyl sites for hydroxylation is 1. The number of amides is 2. The van der Waals surface area contributed by atoms with Crippen LogP contribution in [0, 0.1) is 5.92 Å². The molecular formula is C22H29N5O2. The molecule has 2 amide bonds. The molecule has 7 heteroatoms. The van der Waals surface area contributed by atoms with Gasteiger partial charge in [-0.1, -0.05) is 18.2 Å². The predicted molar refractivity (Wildman–Crippen MR) is 112 cm³/mol. The molecule has 2 atom stereocenters. The van der Waals surface area contributed by atoms with Crippen molar-refractivity contribution in [3.05, 3.63) is 47.3 Å². The predicted octanol–water partition coefficient (Wildman–Crippen LogP) is 2.06. The number of nitrogens with zero attached hydrogens (tertiary/aromatic N) is 4. The second-order valence-corrected chi connectivity index (χ2v) is 8.32. The van der Waals surface area contributed by atoms with E-state index in [1.165, 1.54) is 12.6 Å². The molecule has 1 aromatic heterocycles. The Balaban J connectivity index is 1.58. The molecule has 2 aromatic rings. The van der Waals surface area contributed by atoms with E-state index in [0.717, 1.165) is 37.2 Å². The van der Waals surface area contributed by atoms with E-state index in [0.29, 0.717) is 24.6 Å². The van der Waals surface area contributed by atoms with E-state index in [1.807, 2.05) is 21.7 Å². The van der Waals surface area contributed by atoms with E-state index in [4.69, 9.17) is 0 Å². The van der Waals surface area contributed by atoms with Gasteiger partial charge in [0.1, 0.15) is 0 Å². The minimum atomic E-state index is -0.0124. The largest absolute Gasteiger partial charge is 0.372 e. The summed E-state index contributed by atoms with van der Waals surface area (Å²) in [7, 11) is 2.08. The van der Waals surface area contributed by atoms with Crippen molar-refractivity contribution < 1.29 is 9.59 Å². The molecule has 0 aliphatic carbocycles. The molecule has 2 aliphatic heterocycles. The van der Waals surface area contributed by atoms with Crippen LogP contribution in [0.2, 0.25) is 0 Å². The minimum absolute atomic E-state index is 0.0124. The highest BCUT2D eigenvalue weighted by atomic mass is 16.2. The summed E-state index contributed by atoms with van der Waals surface area (Å²) in [4.78, 5) is 29.0. The van der Waals surface area contributed by atoms with Crippen molar-refractivity contribution in [3.8, 4) is 0 Å². The van der Waals surface area contributed by atoms with E-state index in [-0.39, 0.29) is 17.9 Å². The van der Waals surface area contributed by atoms with Gasteiger partial charge >= 0.3 is 0 Å². The first-order chi connectivity index (χ1) is 13.9. The van der Waals surface area contributed by atoms with Gasteiger partial charge in [0.2, 0.25) is 5.91 Å². The third-order valence-corrected chi connectivity index (χ3v) is 6.12. The van der Waals surface area contributed by atoms with E-state index < -0.39 is 0 Å². The molecule has 0 radical (unpaired) electrons. The van der Waals surface area contributed by atoms with E-state index in [2.05, 4.69) is 41.4 Å². The van der Waals surface area contributed by atoms with Crippen molar-refractivity contribution in [1.82, 2.24) is 20.0 Å². The van der Waals surface area contributed by atoms with Crippen LogP contribution in [-0.2, 0) is 24.3 Å². The van der Waals surface area contributed by atoms with Gasteiger partial charge in [0.25, 0.3) is 5.91 Å². The maximum atomic E-state index is 13.6. The van der Waals surface area contributed by atoms with E-state index in [9.17, 15) is 9.59 Å². The Bertz CT molecular complexity index is 922. The van der Waals surface area contributed by atoms with Gasteiger partial charge in [0.15, 0.2) is 0 Å². The summed E-state index contributed by atoms with van der Waals surface area (Å²) in [6, 6.07) is 8.38. The number of aromatic nitrogens is 2. The lowest BCUT2D eigenvalue weighted by molar-refractivity contribution is -0.119. The van der Waals surface area contributed by atoms with Crippen molar-refractivity contribution >= 4 is 17.5 Å². The first kappa shape index (κ1) is 19.5. The molecule has 29 heavy (non-hydrogen) atoms. The van der Waals surface area contributed by atoms with Gasteiger partial charge in [-0.15, -0.1) is 0 Å². The van der Waals surface area contributed by atoms with Gasteiger partial charge in [-0.2, -0.15) is 5.10 Å². The summed E-state index contributed by atoms with van der Waals surface area (Å²) in [6.07, 6.45) is 3.45. The molecule has 1 N–H and O–H groups in total. The zero-order valence-electron chi connectivity index (χ0n) is 17.4. The van der Waals surface area contributed by atoms with Crippen LogP contribution < -0.4 is 10.2 Å². The fraction of sp³-hybridized carbons (Fsp3) is 0.500. The molecule has 1 aromatic carbocycles. The number of carbonyl (C=O) groups excluding carboxylic acids is 2. The van der Waals surface area contributed by atoms with Crippen LogP contribution in [0.1, 0.15) is 41.9 Å². The topological polar surface area (TPSA) is 70.5 Å². The van der Waals surface area contributed by atoms with Crippen LogP contribution in [0.25, 0.3) is 0 Å². The number of hydrogen-bond acceptors (Lipinski definition) is 4. The summed E-state index contributed by atoms with van der Waals surface area (Å²) in [5.41, 5.74) is 4.04. The fourth-order valence-corrected chi connectivity index (χ4v) is 4.52. The molecule has 3 heterocycles. The monoisotopic (exact) mass is 395 g/mol. The fourth-order valence-electron chi connectivity index (χ4n) is 4.52. The summed E-state index contributed by atoms with van der Waals surface area (Å²) >= 11 is 0. The maximum Gasteiger partial charge on any atom is 0.257 e. The Morgan fingerprint density at radius 3 is 2.86 bits per heavy atom. The smallest absolute Gasteiger partial charge is 0.257 e. The van der Waals surface area contributed by atoms with Crippen molar-refractivity contribution in [2.24, 2.45) is 5.92 Å². The molecule has 7 nitrogen and oxygen atoms in total. The molecule has 0 saturated carbocycles. The van der Waals surface area contributed by atoms with Crippen molar-refractivity contribution in [2.45, 2.75) is 45.8 Å². The molecule has 0 bridgehead atoms. The number of nitrogens with one attached hydrogen (secondary N) is 1. The highest BCUT2D eigenvalue weighted by Gasteiger charge is 2.32. The zero-order valence-corrected chi connectivity index (χ0v) is 17.4. The normalized spacial score (nSPS) is 21.2. The van der Waals surface area contributed by atoms with Gasteiger partial charge in [0, 0.05) is 51.9 Å². The number of rotatable bonds is 3. The van der Waals surface area contributed by atoms with Gasteiger partial charge < -0.3 is 15.1 Å². The third kappa shape index (κ3) is 3.86. The van der Waals surface area contributed by atoms with Crippen LogP contribution in [-0.4, -0.2) is 52.7 Å². The summed E-state index contributed by atoms with van der Waals surface area (Å²) in [6.45, 7) is 6.46. The van der Waals surface area contributed by atoms with Crippen LogP contribution in [0.3, 0.4) is 0 Å². The molecular weight excluding hydrogens is 366 g/mol. The van der Waals surface area contributed by atoms with Crippen LogP contribution in [0.5, 0.6) is 0 Å². The standard InChI is InChI=1S/C22H29N5O2/c1-15-13-25(3)20-7-5-4-6-18(20)14-26(15)22(29)19-12-24-27-9-8-17(10-21(19)27)11-23-16(2)28/h4-7,12,15,17H,8-11,13-14H2,1-3H3,(H,23,28)/t15-,17?/m0/s1. The Morgan fingerprint density at radius 2 is 2.07 bits per heavy atom. The van der Waals surface area contributed by atoms with Gasteiger partial charge in [0.05, 0.1) is 17.5 Å². The lowest BCUT2D eigenvalue weighted by atomic mass is 9.94. The van der Waals surface area contributed by atoms with Crippen LogP contribution >= 0.6 is 0 Å². The van der Waals surface area contributed by atoms with E-state index >= 15 is 0 Å². The number of anilines is 1. The van der Waals surface area contributed by atoms with Crippen molar-refractivity contribution in [3.63, 3.8) is 0 Å². The number of benzene rings is 1. The zero-order chi connectivity index (χ0) is 20.5. The Morgan fingerprint density at radius 1 is 1.28 bits per heavy atom. The minimum Gasteiger partial charge on any atom is -0.372 e. The summed E-state index contributed by atoms with van der Waals surface area (Å²) in [5, 5.41) is 7.39. The van der Waals surface area contributed by atoms with Crippen LogP contribution in [0.15, 0.2) is 30.5 Å². The first-order valence-corrected chi connectivity index (χ1v) is 10.3. The molecule has 0 fully saturated rings. The highest BCUT2D eigenvalue weighted by Crippen LogP contribution is 2.29. The van der Waals surface area contributed by atoms with Gasteiger partial charge in [-0.05, 0) is 37.3 Å². The SMILES string of the molecule is CC(=O)NCC1CCn2ncc(C(=O)N3Cc4ccccc4N(C)C[C@@H]3C)c2C1. The first-order valence-electron chi connectivity index (χ1n) is 10.3. The number of fused-ring (bicyclic) bond motifs is 2. The number of likely N-dealkylation sites (N-methyl/N-ethyl adjacent to an activating group) is 1. The van der Waals surface area contributed by atoms with Crippen molar-refractivity contribution in [2.75, 3.05) is 25.0 Å². The Hall–Kier alpha value is -2.83. The van der Waals surface area contributed by atoms with Crippen molar-refractivity contribution in [1.29, 1.82) is 0 Å². The molecule has 0 spiro atoms. The Kier molecular flexibility index (Phi) is 5.30. The van der Waals surface area contributed by atoms with Gasteiger partial charge in [-0.25, -0.2) is 0 Å². The lowest BCUT2D eigenvalue weighted by Crippen LogP contribution is -2.42. The van der Waals surface area contributed by atoms with Crippen LogP contribution in [0.4, 0.5) is 5.69 Å². The van der Waals surface area contributed by atoms with E-state index in [1.54, 1.807) is 6.20 Å². The number of hydrogen-bond donors (Lipinski definition) is 1. The second-order valence-electron chi connectivity index (χ2n) is 8.32. The average Bonchev–Trinajstić information content (AvgIpc) is 3.07. The molecule has 154 valence electrons. The quantitative estimate of drug-likeness (QED) is 0.864. The van der Waals surface area contributed by atoms with Gasteiger partial charge in [-0.3, -0.25) is 14.3 Å². The summed E-state index contributed by atoms with van der Waals surface area (Å²) < 4.78 is 1.96. The lowest BCUT2D eigenvalue weighted by Gasteiger charge is -2.29. The average molecular weight is 396 g/mol. The molecule has 2 aliphatic rings. The molecule has 1 unspecified atom stereocenters. The Labute approximate surface area is 171 Å².